The lowest BCUT2D eigenvalue weighted by atomic mass is 9.90. The van der Waals surface area contributed by atoms with Gasteiger partial charge in [-0.3, -0.25) is 0 Å². The van der Waals surface area contributed by atoms with Gasteiger partial charge in [-0.15, -0.1) is 0 Å². The second kappa shape index (κ2) is 11.0. The van der Waals surface area contributed by atoms with E-state index in [9.17, 15) is 0 Å². The van der Waals surface area contributed by atoms with Gasteiger partial charge < -0.3 is 0 Å². The lowest BCUT2D eigenvalue weighted by molar-refractivity contribution is 0.535. The second-order valence-electron chi connectivity index (χ2n) is 3.58. The Balaban J connectivity index is 0. The first-order valence-corrected chi connectivity index (χ1v) is 6.74. The monoisotopic (exact) mass is 242 g/mol. The molecular formula is C15H27Cl. The molecule has 0 nitrogen and oxygen atoms in total. The van der Waals surface area contributed by atoms with Crippen LogP contribution < -0.4 is 0 Å². The van der Waals surface area contributed by atoms with Crippen molar-refractivity contribution >= 4 is 11.6 Å². The van der Waals surface area contributed by atoms with Crippen molar-refractivity contribution in [3.63, 3.8) is 0 Å². The largest absolute Gasteiger partial charge is 0.0843 e. The van der Waals surface area contributed by atoms with Gasteiger partial charge in [0.25, 0.3) is 0 Å². The minimum Gasteiger partial charge on any atom is -0.0843 e. The van der Waals surface area contributed by atoms with Gasteiger partial charge in [-0.1, -0.05) is 72.2 Å². The van der Waals surface area contributed by atoms with Crippen molar-refractivity contribution in [3.8, 4) is 0 Å². The maximum atomic E-state index is 5.80. The molecule has 16 heavy (non-hydrogen) atoms. The number of rotatable bonds is 2. The summed E-state index contributed by atoms with van der Waals surface area (Å²) >= 11 is 5.80. The van der Waals surface area contributed by atoms with Crippen molar-refractivity contribution in [2.45, 2.75) is 54.4 Å². The topological polar surface area (TPSA) is 0 Å². The highest BCUT2D eigenvalue weighted by Crippen LogP contribution is 2.24. The Morgan fingerprint density at radius 1 is 0.812 bits per heavy atom. The molecule has 0 fully saturated rings. The van der Waals surface area contributed by atoms with Crippen molar-refractivity contribution in [2.75, 3.05) is 0 Å². The number of hydrogen-bond donors (Lipinski definition) is 0. The van der Waals surface area contributed by atoms with Crippen LogP contribution in [0.2, 0.25) is 5.02 Å². The summed E-state index contributed by atoms with van der Waals surface area (Å²) < 4.78 is 0. The van der Waals surface area contributed by atoms with Gasteiger partial charge in [-0.2, -0.15) is 0 Å². The highest BCUT2D eigenvalue weighted by molar-refractivity contribution is 6.30. The summed E-state index contributed by atoms with van der Waals surface area (Å²) in [7, 11) is 0. The molecule has 1 atom stereocenters. The van der Waals surface area contributed by atoms with E-state index in [0.29, 0.717) is 11.8 Å². The fourth-order valence-corrected chi connectivity index (χ4v) is 1.28. The van der Waals surface area contributed by atoms with Crippen LogP contribution >= 0.6 is 11.6 Å². The maximum absolute atomic E-state index is 5.80. The van der Waals surface area contributed by atoms with Crippen molar-refractivity contribution in [2.24, 2.45) is 5.92 Å². The van der Waals surface area contributed by atoms with E-state index in [2.05, 4.69) is 32.9 Å². The number of hydrogen-bond acceptors (Lipinski definition) is 0. The smallest absolute Gasteiger partial charge is 0.0406 e. The van der Waals surface area contributed by atoms with Crippen LogP contribution in [0.4, 0.5) is 0 Å². The van der Waals surface area contributed by atoms with Gasteiger partial charge >= 0.3 is 0 Å². The standard InChI is InChI=1S/C11H15Cl.2C2H6/c1-8(2)9(3)10-4-6-11(12)7-5-10;2*1-2/h4-9H,1-3H3;2*1-2H3. The van der Waals surface area contributed by atoms with E-state index in [-0.39, 0.29) is 0 Å². The molecule has 0 aliphatic heterocycles. The van der Waals surface area contributed by atoms with Gasteiger partial charge in [0.15, 0.2) is 0 Å². The molecule has 0 N–H and O–H groups in total. The SMILES string of the molecule is CC.CC.CC(C)C(C)c1ccc(Cl)cc1. The molecule has 94 valence electrons. The van der Waals surface area contributed by atoms with Gasteiger partial charge in [-0.25, -0.2) is 0 Å². The van der Waals surface area contributed by atoms with Crippen LogP contribution in [0.1, 0.15) is 59.9 Å². The van der Waals surface area contributed by atoms with Gasteiger partial charge in [0.2, 0.25) is 0 Å². The van der Waals surface area contributed by atoms with E-state index in [4.69, 9.17) is 11.6 Å². The third-order valence-corrected chi connectivity index (χ3v) is 2.65. The molecule has 0 aromatic heterocycles. The molecule has 1 aromatic carbocycles. The first-order valence-electron chi connectivity index (χ1n) is 6.36. The van der Waals surface area contributed by atoms with E-state index in [0.717, 1.165) is 5.02 Å². The minimum atomic E-state index is 0.613. The van der Waals surface area contributed by atoms with Crippen LogP contribution in [-0.4, -0.2) is 0 Å². The number of benzene rings is 1. The van der Waals surface area contributed by atoms with Crippen LogP contribution in [0.5, 0.6) is 0 Å². The zero-order valence-corrected chi connectivity index (χ0v) is 12.6. The Morgan fingerprint density at radius 3 is 1.50 bits per heavy atom. The lowest BCUT2D eigenvalue weighted by Crippen LogP contribution is -2.01. The first-order chi connectivity index (χ1) is 7.61. The van der Waals surface area contributed by atoms with E-state index >= 15 is 0 Å². The molecule has 0 radical (unpaired) electrons. The van der Waals surface area contributed by atoms with Gasteiger partial charge in [0.1, 0.15) is 0 Å². The van der Waals surface area contributed by atoms with Crippen LogP contribution in [0, 0.1) is 5.92 Å². The highest BCUT2D eigenvalue weighted by atomic mass is 35.5. The van der Waals surface area contributed by atoms with E-state index in [1.165, 1.54) is 5.56 Å². The molecule has 0 saturated carbocycles. The number of halogens is 1. The Bertz CT molecular complexity index is 236. The Morgan fingerprint density at radius 2 is 1.19 bits per heavy atom. The summed E-state index contributed by atoms with van der Waals surface area (Å²) in [5.41, 5.74) is 1.37. The van der Waals surface area contributed by atoms with Crippen molar-refractivity contribution < 1.29 is 0 Å². The molecule has 0 spiro atoms. The first kappa shape index (κ1) is 17.9. The minimum absolute atomic E-state index is 0.613. The molecule has 1 rings (SSSR count). The van der Waals surface area contributed by atoms with Crippen LogP contribution in [0.25, 0.3) is 0 Å². The summed E-state index contributed by atoms with van der Waals surface area (Å²) in [6.07, 6.45) is 0. The molecule has 0 aliphatic rings. The van der Waals surface area contributed by atoms with Gasteiger partial charge in [-0.05, 0) is 29.5 Å². The molecule has 0 saturated heterocycles. The van der Waals surface area contributed by atoms with E-state index in [1.54, 1.807) is 0 Å². The summed E-state index contributed by atoms with van der Waals surface area (Å²) in [6.45, 7) is 14.7. The summed E-state index contributed by atoms with van der Waals surface area (Å²) in [6, 6.07) is 8.12. The van der Waals surface area contributed by atoms with E-state index in [1.807, 2.05) is 39.8 Å². The molecule has 0 amide bonds. The predicted molar refractivity (Wildman–Crippen MR) is 77.4 cm³/mol. The van der Waals surface area contributed by atoms with Crippen molar-refractivity contribution in [1.82, 2.24) is 0 Å². The van der Waals surface area contributed by atoms with Gasteiger partial charge in [0, 0.05) is 5.02 Å². The Hall–Kier alpha value is -0.490. The Kier molecular flexibility index (Phi) is 12.3. The summed E-state index contributed by atoms with van der Waals surface area (Å²) in [4.78, 5) is 0. The van der Waals surface area contributed by atoms with E-state index < -0.39 is 0 Å². The predicted octanol–water partition coefficient (Wildman–Crippen LogP) is 6.15. The molecule has 0 aliphatic carbocycles. The highest BCUT2D eigenvalue weighted by Gasteiger charge is 2.08. The summed E-state index contributed by atoms with van der Waals surface area (Å²) in [5, 5.41) is 0.815. The molecule has 0 bridgehead atoms. The fourth-order valence-electron chi connectivity index (χ4n) is 1.15. The quantitative estimate of drug-likeness (QED) is 0.583. The third-order valence-electron chi connectivity index (χ3n) is 2.40. The van der Waals surface area contributed by atoms with Gasteiger partial charge in [0.05, 0.1) is 0 Å². The molecular weight excluding hydrogens is 216 g/mol. The average molecular weight is 243 g/mol. The van der Waals surface area contributed by atoms with Crippen LogP contribution in [0.15, 0.2) is 24.3 Å². The fraction of sp³-hybridized carbons (Fsp3) is 0.600. The zero-order valence-electron chi connectivity index (χ0n) is 11.8. The normalized spacial score (nSPS) is 10.8. The summed E-state index contributed by atoms with van der Waals surface area (Å²) in [5.74, 6) is 1.30. The Labute approximate surface area is 107 Å². The molecule has 1 heteroatoms. The van der Waals surface area contributed by atoms with Crippen molar-refractivity contribution in [3.05, 3.63) is 34.9 Å². The average Bonchev–Trinajstić information content (AvgIpc) is 2.34. The zero-order chi connectivity index (χ0) is 13.1. The second-order valence-corrected chi connectivity index (χ2v) is 4.02. The third kappa shape index (κ3) is 6.90. The van der Waals surface area contributed by atoms with Crippen LogP contribution in [0.3, 0.4) is 0 Å². The lowest BCUT2D eigenvalue weighted by Gasteiger charge is -2.15. The molecule has 1 aromatic rings. The molecule has 0 heterocycles. The van der Waals surface area contributed by atoms with Crippen LogP contribution in [-0.2, 0) is 0 Å². The van der Waals surface area contributed by atoms with Crippen molar-refractivity contribution in [1.29, 1.82) is 0 Å². The maximum Gasteiger partial charge on any atom is 0.0406 e. The molecule has 1 unspecified atom stereocenters.